The Kier molecular flexibility index (Phi) is 3.97. The molecule has 0 spiro atoms. The SMILES string of the molecule is CCCCCCc1cccc2ccc(N)nc12. The molecule has 0 saturated carbocycles. The molecule has 1 aromatic heterocycles. The van der Waals surface area contributed by atoms with Crippen LogP contribution in [0, 0.1) is 0 Å². The molecule has 2 nitrogen and oxygen atoms in total. The van der Waals surface area contributed by atoms with Crippen LogP contribution >= 0.6 is 0 Å². The van der Waals surface area contributed by atoms with Gasteiger partial charge in [-0.3, -0.25) is 0 Å². The normalized spacial score (nSPS) is 10.9. The van der Waals surface area contributed by atoms with E-state index < -0.39 is 0 Å². The van der Waals surface area contributed by atoms with Crippen molar-refractivity contribution in [2.24, 2.45) is 0 Å². The summed E-state index contributed by atoms with van der Waals surface area (Å²) in [6.07, 6.45) is 6.24. The molecule has 0 fully saturated rings. The Labute approximate surface area is 103 Å². The Bertz CT molecular complexity index is 491. The Hall–Kier alpha value is -1.57. The second kappa shape index (κ2) is 5.67. The topological polar surface area (TPSA) is 38.9 Å². The van der Waals surface area contributed by atoms with E-state index in [1.165, 1.54) is 36.6 Å². The molecule has 0 unspecified atom stereocenters. The number of aryl methyl sites for hydroxylation is 1. The highest BCUT2D eigenvalue weighted by molar-refractivity contribution is 5.83. The number of nitrogen functional groups attached to an aromatic ring is 1. The van der Waals surface area contributed by atoms with Crippen molar-refractivity contribution in [2.75, 3.05) is 5.73 Å². The predicted octanol–water partition coefficient (Wildman–Crippen LogP) is 3.94. The monoisotopic (exact) mass is 228 g/mol. The zero-order valence-electron chi connectivity index (χ0n) is 10.4. The summed E-state index contributed by atoms with van der Waals surface area (Å²) in [6.45, 7) is 2.24. The quantitative estimate of drug-likeness (QED) is 0.787. The van der Waals surface area contributed by atoms with Crippen LogP contribution in [0.15, 0.2) is 30.3 Å². The average Bonchev–Trinajstić information content (AvgIpc) is 2.35. The lowest BCUT2D eigenvalue weighted by molar-refractivity contribution is 0.668. The molecule has 0 atom stereocenters. The molecule has 0 aliphatic rings. The third-order valence-corrected chi connectivity index (χ3v) is 3.13. The van der Waals surface area contributed by atoms with Crippen LogP contribution in [0.4, 0.5) is 5.82 Å². The summed E-state index contributed by atoms with van der Waals surface area (Å²) < 4.78 is 0. The van der Waals surface area contributed by atoms with Crippen LogP contribution < -0.4 is 5.73 Å². The molecule has 90 valence electrons. The van der Waals surface area contributed by atoms with Gasteiger partial charge in [0, 0.05) is 5.39 Å². The Morgan fingerprint density at radius 3 is 2.76 bits per heavy atom. The maximum Gasteiger partial charge on any atom is 0.124 e. The van der Waals surface area contributed by atoms with E-state index in [1.54, 1.807) is 0 Å². The molecular weight excluding hydrogens is 208 g/mol. The smallest absolute Gasteiger partial charge is 0.124 e. The lowest BCUT2D eigenvalue weighted by Gasteiger charge is -2.06. The van der Waals surface area contributed by atoms with Gasteiger partial charge < -0.3 is 5.73 Å². The molecule has 0 saturated heterocycles. The van der Waals surface area contributed by atoms with E-state index in [0.29, 0.717) is 5.82 Å². The highest BCUT2D eigenvalue weighted by Crippen LogP contribution is 2.20. The number of nitrogens with two attached hydrogens (primary N) is 1. The van der Waals surface area contributed by atoms with Crippen LogP contribution in [0.25, 0.3) is 10.9 Å². The van der Waals surface area contributed by atoms with Gasteiger partial charge in [0.05, 0.1) is 5.52 Å². The molecule has 17 heavy (non-hydrogen) atoms. The van der Waals surface area contributed by atoms with Crippen LogP contribution in [-0.2, 0) is 6.42 Å². The van der Waals surface area contributed by atoms with Crippen LogP contribution in [0.2, 0.25) is 0 Å². The van der Waals surface area contributed by atoms with E-state index in [-0.39, 0.29) is 0 Å². The van der Waals surface area contributed by atoms with Crippen molar-refractivity contribution >= 4 is 16.7 Å². The van der Waals surface area contributed by atoms with E-state index >= 15 is 0 Å². The minimum absolute atomic E-state index is 0.610. The zero-order valence-corrected chi connectivity index (χ0v) is 10.4. The molecule has 0 aliphatic carbocycles. The van der Waals surface area contributed by atoms with Crippen LogP contribution in [0.1, 0.15) is 38.2 Å². The summed E-state index contributed by atoms with van der Waals surface area (Å²) in [4.78, 5) is 4.45. The summed E-state index contributed by atoms with van der Waals surface area (Å²) in [5.74, 6) is 0.610. The average molecular weight is 228 g/mol. The number of unbranched alkanes of at least 4 members (excludes halogenated alkanes) is 3. The maximum atomic E-state index is 5.76. The minimum atomic E-state index is 0.610. The van der Waals surface area contributed by atoms with Gasteiger partial charge in [0.15, 0.2) is 0 Å². The van der Waals surface area contributed by atoms with Crippen molar-refractivity contribution in [2.45, 2.75) is 39.0 Å². The Morgan fingerprint density at radius 2 is 1.94 bits per heavy atom. The number of fused-ring (bicyclic) bond motifs is 1. The van der Waals surface area contributed by atoms with Crippen molar-refractivity contribution in [3.63, 3.8) is 0 Å². The molecule has 0 amide bonds. The molecule has 2 N–H and O–H groups in total. The van der Waals surface area contributed by atoms with Gasteiger partial charge in [-0.2, -0.15) is 0 Å². The van der Waals surface area contributed by atoms with Crippen LogP contribution in [0.3, 0.4) is 0 Å². The molecule has 0 bridgehead atoms. The predicted molar refractivity (Wildman–Crippen MR) is 74.0 cm³/mol. The summed E-state index contributed by atoms with van der Waals surface area (Å²) in [7, 11) is 0. The third-order valence-electron chi connectivity index (χ3n) is 3.13. The summed E-state index contributed by atoms with van der Waals surface area (Å²) in [5, 5.41) is 1.19. The zero-order chi connectivity index (χ0) is 12.1. The first kappa shape index (κ1) is 11.9. The van der Waals surface area contributed by atoms with Gasteiger partial charge in [0.1, 0.15) is 5.82 Å². The number of hydrogen-bond acceptors (Lipinski definition) is 2. The summed E-state index contributed by atoms with van der Waals surface area (Å²) >= 11 is 0. The van der Waals surface area contributed by atoms with Crippen LogP contribution in [0.5, 0.6) is 0 Å². The minimum Gasteiger partial charge on any atom is -0.384 e. The molecule has 2 rings (SSSR count). The number of hydrogen-bond donors (Lipinski definition) is 1. The van der Waals surface area contributed by atoms with Crippen LogP contribution in [-0.4, -0.2) is 4.98 Å². The fraction of sp³-hybridized carbons (Fsp3) is 0.400. The summed E-state index contributed by atoms with van der Waals surface area (Å²) in [5.41, 5.74) is 8.16. The van der Waals surface area contributed by atoms with Gasteiger partial charge in [-0.25, -0.2) is 4.98 Å². The van der Waals surface area contributed by atoms with Gasteiger partial charge in [0.2, 0.25) is 0 Å². The molecule has 1 aromatic carbocycles. The highest BCUT2D eigenvalue weighted by atomic mass is 14.8. The van der Waals surface area contributed by atoms with Gasteiger partial charge >= 0.3 is 0 Å². The lowest BCUT2D eigenvalue weighted by Crippen LogP contribution is -1.94. The van der Waals surface area contributed by atoms with Gasteiger partial charge in [-0.1, -0.05) is 44.4 Å². The number of anilines is 1. The summed E-state index contributed by atoms with van der Waals surface area (Å²) in [6, 6.07) is 10.3. The number of nitrogens with zero attached hydrogens (tertiary/aromatic N) is 1. The number of aromatic nitrogens is 1. The lowest BCUT2D eigenvalue weighted by atomic mass is 10.0. The maximum absolute atomic E-state index is 5.76. The van der Waals surface area contributed by atoms with E-state index in [2.05, 4.69) is 30.1 Å². The molecule has 1 heterocycles. The fourth-order valence-electron chi connectivity index (χ4n) is 2.17. The van der Waals surface area contributed by atoms with Gasteiger partial charge in [-0.15, -0.1) is 0 Å². The number of benzene rings is 1. The third kappa shape index (κ3) is 2.96. The van der Waals surface area contributed by atoms with Crippen molar-refractivity contribution in [1.29, 1.82) is 0 Å². The van der Waals surface area contributed by atoms with E-state index in [1.807, 2.05) is 12.1 Å². The molecule has 2 heteroatoms. The van der Waals surface area contributed by atoms with Crippen molar-refractivity contribution in [3.8, 4) is 0 Å². The number of para-hydroxylation sites is 1. The number of pyridine rings is 1. The first-order valence-electron chi connectivity index (χ1n) is 6.45. The van der Waals surface area contributed by atoms with Gasteiger partial charge in [-0.05, 0) is 30.5 Å². The molecule has 0 radical (unpaired) electrons. The Morgan fingerprint density at radius 1 is 1.06 bits per heavy atom. The first-order chi connectivity index (χ1) is 8.31. The van der Waals surface area contributed by atoms with Gasteiger partial charge in [0.25, 0.3) is 0 Å². The van der Waals surface area contributed by atoms with Crippen molar-refractivity contribution in [1.82, 2.24) is 4.98 Å². The first-order valence-corrected chi connectivity index (χ1v) is 6.45. The molecule has 0 aliphatic heterocycles. The van der Waals surface area contributed by atoms with E-state index in [4.69, 9.17) is 5.73 Å². The van der Waals surface area contributed by atoms with E-state index in [0.717, 1.165) is 11.9 Å². The Balaban J connectivity index is 2.18. The second-order valence-electron chi connectivity index (χ2n) is 4.54. The highest BCUT2D eigenvalue weighted by Gasteiger charge is 2.02. The standard InChI is InChI=1S/C15H20N2/c1-2-3-4-5-7-12-8-6-9-13-10-11-14(16)17-15(12)13/h6,8-11H,2-5,7H2,1H3,(H2,16,17). The fourth-order valence-corrected chi connectivity index (χ4v) is 2.17. The molecule has 2 aromatic rings. The van der Waals surface area contributed by atoms with Crippen molar-refractivity contribution < 1.29 is 0 Å². The second-order valence-corrected chi connectivity index (χ2v) is 4.54. The molecular formula is C15H20N2. The van der Waals surface area contributed by atoms with E-state index in [9.17, 15) is 0 Å². The number of rotatable bonds is 5. The largest absolute Gasteiger partial charge is 0.384 e. The van der Waals surface area contributed by atoms with Crippen molar-refractivity contribution in [3.05, 3.63) is 35.9 Å².